The van der Waals surface area contributed by atoms with Gasteiger partial charge >= 0.3 is 6.03 Å². The van der Waals surface area contributed by atoms with Gasteiger partial charge in [-0.3, -0.25) is 4.90 Å². The number of piperidine rings is 1. The summed E-state index contributed by atoms with van der Waals surface area (Å²) >= 11 is 0. The van der Waals surface area contributed by atoms with Crippen molar-refractivity contribution in [2.45, 2.75) is 62.6 Å². The van der Waals surface area contributed by atoms with Crippen LogP contribution in [0, 0.1) is 0 Å². The summed E-state index contributed by atoms with van der Waals surface area (Å²) in [5, 5.41) is 16.4. The highest BCUT2D eigenvalue weighted by atomic mass is 16.3. The van der Waals surface area contributed by atoms with Crippen molar-refractivity contribution < 1.29 is 9.90 Å². The molecule has 1 aliphatic heterocycles. The summed E-state index contributed by atoms with van der Waals surface area (Å²) in [5.41, 5.74) is 4.02. The van der Waals surface area contributed by atoms with Crippen molar-refractivity contribution in [3.63, 3.8) is 0 Å². The average Bonchev–Trinajstić information content (AvgIpc) is 3.00. The Morgan fingerprint density at radius 1 is 1.41 bits per heavy atom. The minimum Gasteiger partial charge on any atom is -0.383 e. The van der Waals surface area contributed by atoms with E-state index in [0.29, 0.717) is 18.9 Å². The quantitative estimate of drug-likeness (QED) is 0.747. The number of aromatic amines is 1. The first kappa shape index (κ1) is 18.9. The Bertz CT molecular complexity index is 950. The third-order valence-electron chi connectivity index (χ3n) is 7.64. The maximum atomic E-state index is 12.4. The highest BCUT2D eigenvalue weighted by molar-refractivity contribution is 5.90. The molecule has 1 aromatic carbocycles. The van der Waals surface area contributed by atoms with Gasteiger partial charge in [-0.15, -0.1) is 0 Å². The highest BCUT2D eigenvalue weighted by Gasteiger charge is 2.51. The van der Waals surface area contributed by atoms with E-state index in [9.17, 15) is 9.90 Å². The van der Waals surface area contributed by atoms with Crippen LogP contribution in [-0.2, 0) is 12.0 Å². The van der Waals surface area contributed by atoms with Gasteiger partial charge in [0.2, 0.25) is 0 Å². The molecule has 3 N–H and O–H groups in total. The second-order valence-corrected chi connectivity index (χ2v) is 9.32. The smallest absolute Gasteiger partial charge is 0.317 e. The van der Waals surface area contributed by atoms with E-state index in [4.69, 9.17) is 0 Å². The van der Waals surface area contributed by atoms with Gasteiger partial charge in [-0.1, -0.05) is 18.6 Å². The zero-order valence-electron chi connectivity index (χ0n) is 17.7. The number of rotatable bonds is 3. The van der Waals surface area contributed by atoms with Crippen LogP contribution in [-0.4, -0.2) is 65.2 Å². The lowest BCUT2D eigenvalue weighted by Crippen LogP contribution is -2.63. The van der Waals surface area contributed by atoms with E-state index in [1.807, 2.05) is 6.92 Å². The van der Waals surface area contributed by atoms with Crippen LogP contribution in [0.15, 0.2) is 18.2 Å². The van der Waals surface area contributed by atoms with Crippen molar-refractivity contribution in [3.8, 4) is 0 Å². The lowest BCUT2D eigenvalue weighted by molar-refractivity contribution is -0.0889. The van der Waals surface area contributed by atoms with Crippen molar-refractivity contribution in [1.29, 1.82) is 0 Å². The molecule has 156 valence electrons. The number of carbonyl (C=O) groups is 1. The topological polar surface area (TPSA) is 71.6 Å². The summed E-state index contributed by atoms with van der Waals surface area (Å²) in [4.78, 5) is 20.1. The number of benzene rings is 1. The first-order valence-electron chi connectivity index (χ1n) is 11.0. The summed E-state index contributed by atoms with van der Waals surface area (Å²) in [7, 11) is 3.88. The van der Waals surface area contributed by atoms with E-state index in [1.54, 1.807) is 11.9 Å². The zero-order chi connectivity index (χ0) is 20.3. The molecule has 2 unspecified atom stereocenters. The number of aromatic nitrogens is 1. The molecule has 2 heterocycles. The first-order valence-corrected chi connectivity index (χ1v) is 11.0. The predicted molar refractivity (Wildman–Crippen MR) is 114 cm³/mol. The minimum absolute atomic E-state index is 0.0345. The van der Waals surface area contributed by atoms with Crippen molar-refractivity contribution in [2.24, 2.45) is 0 Å². The lowest BCUT2D eigenvalue weighted by Gasteiger charge is -2.51. The van der Waals surface area contributed by atoms with Crippen LogP contribution in [0.2, 0.25) is 0 Å². The van der Waals surface area contributed by atoms with E-state index in [1.165, 1.54) is 35.9 Å². The van der Waals surface area contributed by atoms with Crippen molar-refractivity contribution in [3.05, 3.63) is 35.0 Å². The molecule has 3 aliphatic rings. The Balaban J connectivity index is 1.54. The lowest BCUT2D eigenvalue weighted by atomic mass is 9.69. The largest absolute Gasteiger partial charge is 0.383 e. The van der Waals surface area contributed by atoms with Gasteiger partial charge in [-0.05, 0) is 56.3 Å². The number of H-pyrrole nitrogens is 1. The molecule has 6 heteroatoms. The van der Waals surface area contributed by atoms with E-state index < -0.39 is 5.60 Å². The molecule has 1 saturated heterocycles. The van der Waals surface area contributed by atoms with Crippen LogP contribution in [0.4, 0.5) is 4.79 Å². The number of aliphatic hydroxyl groups is 1. The maximum Gasteiger partial charge on any atom is 0.317 e. The van der Waals surface area contributed by atoms with Gasteiger partial charge in [0.15, 0.2) is 0 Å². The van der Waals surface area contributed by atoms with Crippen LogP contribution in [0.25, 0.3) is 10.9 Å². The number of nitrogens with one attached hydrogen (secondary N) is 2. The number of likely N-dealkylation sites (N-methyl/N-ethyl adjacent to an activating group) is 1. The fraction of sp³-hybridized carbons (Fsp3) is 0.609. The third-order valence-corrected chi connectivity index (χ3v) is 7.64. The van der Waals surface area contributed by atoms with E-state index >= 15 is 0 Å². The number of urea groups is 1. The van der Waals surface area contributed by atoms with E-state index in [0.717, 1.165) is 24.0 Å². The van der Waals surface area contributed by atoms with Crippen LogP contribution < -0.4 is 5.32 Å². The Morgan fingerprint density at radius 2 is 2.21 bits per heavy atom. The number of amides is 2. The maximum absolute atomic E-state index is 12.4. The highest BCUT2D eigenvalue weighted by Crippen LogP contribution is 2.49. The van der Waals surface area contributed by atoms with Crippen molar-refractivity contribution in [2.75, 3.05) is 27.2 Å². The number of carbonyl (C=O) groups excluding carboxylic acids is 1. The molecule has 0 radical (unpaired) electrons. The summed E-state index contributed by atoms with van der Waals surface area (Å²) in [6, 6.07) is 6.16. The molecular weight excluding hydrogens is 364 g/mol. The molecule has 6 nitrogen and oxygen atoms in total. The van der Waals surface area contributed by atoms with Crippen molar-refractivity contribution in [1.82, 2.24) is 20.1 Å². The predicted octanol–water partition coefficient (Wildman–Crippen LogP) is 2.91. The van der Waals surface area contributed by atoms with Crippen molar-refractivity contribution >= 4 is 16.9 Å². The Hall–Kier alpha value is -2.05. The fourth-order valence-electron chi connectivity index (χ4n) is 5.70. The van der Waals surface area contributed by atoms with E-state index in [-0.39, 0.29) is 18.1 Å². The van der Waals surface area contributed by atoms with Gasteiger partial charge < -0.3 is 20.3 Å². The Labute approximate surface area is 172 Å². The van der Waals surface area contributed by atoms with Crippen LogP contribution >= 0.6 is 0 Å². The minimum atomic E-state index is -0.957. The summed E-state index contributed by atoms with van der Waals surface area (Å²) < 4.78 is 0. The summed E-state index contributed by atoms with van der Waals surface area (Å²) in [6.45, 7) is 3.38. The molecule has 29 heavy (non-hydrogen) atoms. The second-order valence-electron chi connectivity index (χ2n) is 9.32. The molecule has 1 aromatic heterocycles. The number of nitrogens with zero attached hydrogens (tertiary/aromatic N) is 2. The summed E-state index contributed by atoms with van der Waals surface area (Å²) in [5.74, 6) is 0.641. The normalized spacial score (nSPS) is 29.4. The van der Waals surface area contributed by atoms with Gasteiger partial charge in [-0.25, -0.2) is 4.79 Å². The molecule has 2 amide bonds. The first-order chi connectivity index (χ1) is 13.9. The number of hydrogen-bond acceptors (Lipinski definition) is 3. The Kier molecular flexibility index (Phi) is 4.40. The SMILES string of the molecule is CCN(C)C(=O)NC1CN(C)[C@@H]2Cc3c(C4CCC4)[nH]c4cccc(c34)C2(O)C1. The molecule has 0 bridgehead atoms. The van der Waals surface area contributed by atoms with Gasteiger partial charge in [0.25, 0.3) is 0 Å². The van der Waals surface area contributed by atoms with Gasteiger partial charge in [0.1, 0.15) is 5.60 Å². The number of hydrogen-bond donors (Lipinski definition) is 3. The van der Waals surface area contributed by atoms with Crippen LogP contribution in [0.1, 0.15) is 55.3 Å². The van der Waals surface area contributed by atoms with Gasteiger partial charge in [-0.2, -0.15) is 0 Å². The summed E-state index contributed by atoms with van der Waals surface area (Å²) in [6.07, 6.45) is 5.25. The second kappa shape index (κ2) is 6.74. The standard InChI is InChI=1S/C23H32N4O2/c1-4-26(2)22(28)24-15-12-23(29)17-9-6-10-18-20(17)16(11-19(23)27(3)13-15)21(25-18)14-7-5-8-14/h6,9-10,14-15,19,25,29H,4-5,7-8,11-13H2,1-3H3,(H,24,28)/t15?,19-,23?/m1/s1. The molecule has 5 rings (SSSR count). The molecule has 0 spiro atoms. The monoisotopic (exact) mass is 396 g/mol. The Morgan fingerprint density at radius 3 is 2.90 bits per heavy atom. The molecular formula is C23H32N4O2. The number of fused-ring (bicyclic) bond motifs is 2. The van der Waals surface area contributed by atoms with Crippen LogP contribution in [0.3, 0.4) is 0 Å². The number of likely N-dealkylation sites (tertiary alicyclic amines) is 1. The fourth-order valence-corrected chi connectivity index (χ4v) is 5.70. The van der Waals surface area contributed by atoms with Gasteiger partial charge in [0, 0.05) is 55.2 Å². The van der Waals surface area contributed by atoms with Gasteiger partial charge in [0.05, 0.1) is 0 Å². The third kappa shape index (κ3) is 2.80. The molecule has 1 saturated carbocycles. The molecule has 2 fully saturated rings. The average molecular weight is 397 g/mol. The molecule has 2 aromatic rings. The molecule has 3 atom stereocenters. The van der Waals surface area contributed by atoms with Crippen LogP contribution in [0.5, 0.6) is 0 Å². The van der Waals surface area contributed by atoms with E-state index in [2.05, 4.69) is 40.4 Å². The zero-order valence-corrected chi connectivity index (χ0v) is 17.7. The molecule has 2 aliphatic carbocycles.